The second-order valence-electron chi connectivity index (χ2n) is 19.4. The van der Waals surface area contributed by atoms with Crippen molar-refractivity contribution in [1.29, 1.82) is 0 Å². The van der Waals surface area contributed by atoms with E-state index in [2.05, 4.69) is 281 Å². The summed E-state index contributed by atoms with van der Waals surface area (Å²) in [6.07, 6.45) is 0. The molecule has 1 aliphatic heterocycles. The summed E-state index contributed by atoms with van der Waals surface area (Å²) < 4.78 is 0. The van der Waals surface area contributed by atoms with Crippen LogP contribution in [0.15, 0.2) is 267 Å². The molecule has 1 heterocycles. The van der Waals surface area contributed by atoms with Gasteiger partial charge in [-0.2, -0.15) is 0 Å². The third-order valence-electron chi connectivity index (χ3n) is 15.1. The minimum absolute atomic E-state index is 1.20. The maximum absolute atomic E-state index is 2.83. The summed E-state index contributed by atoms with van der Waals surface area (Å²) in [7, 11) is -2.83. The summed E-state index contributed by atoms with van der Waals surface area (Å²) in [5.41, 5.74) is 19.7. The Kier molecular flexibility index (Phi) is 10.4. The van der Waals surface area contributed by atoms with Crippen molar-refractivity contribution in [1.82, 2.24) is 0 Å². The molecule has 12 aromatic rings. The van der Waals surface area contributed by atoms with Gasteiger partial charge in [0.15, 0.2) is 8.07 Å². The van der Waals surface area contributed by atoms with Gasteiger partial charge in [0.25, 0.3) is 0 Å². The maximum atomic E-state index is 2.52. The van der Waals surface area contributed by atoms with Crippen molar-refractivity contribution in [3.63, 3.8) is 0 Å². The number of fused-ring (bicyclic) bond motifs is 5. The number of benzene rings is 12. The fourth-order valence-electron chi connectivity index (χ4n) is 11.5. The topological polar surface area (TPSA) is 0 Å². The predicted octanol–water partition coefficient (Wildman–Crippen LogP) is 16.0. The Balaban J connectivity index is 1.06. The molecule has 71 heavy (non-hydrogen) atoms. The summed E-state index contributed by atoms with van der Waals surface area (Å²) in [4.78, 5) is 0. The number of rotatable bonds is 8. The van der Waals surface area contributed by atoms with Gasteiger partial charge in [-0.1, -0.05) is 230 Å². The van der Waals surface area contributed by atoms with Gasteiger partial charge in [-0.15, -0.1) is 0 Å². The number of hydrogen-bond donors (Lipinski definition) is 0. The van der Waals surface area contributed by atoms with E-state index in [1.54, 1.807) is 0 Å². The smallest absolute Gasteiger partial charge is 0.0622 e. The second-order valence-corrected chi connectivity index (χ2v) is 23.1. The van der Waals surface area contributed by atoms with Crippen LogP contribution in [0.4, 0.5) is 0 Å². The van der Waals surface area contributed by atoms with Crippen LogP contribution in [0.3, 0.4) is 0 Å². The first-order valence-corrected chi connectivity index (χ1v) is 26.8. The molecule has 0 nitrogen and oxygen atoms in total. The normalized spacial score (nSPS) is 12.5. The number of hydrogen-bond acceptors (Lipinski definition) is 0. The molecule has 0 atom stereocenters. The minimum atomic E-state index is -2.83. The van der Waals surface area contributed by atoms with Crippen molar-refractivity contribution in [2.75, 3.05) is 0 Å². The van der Waals surface area contributed by atoms with E-state index in [-0.39, 0.29) is 0 Å². The van der Waals surface area contributed by atoms with Crippen molar-refractivity contribution >= 4 is 50.4 Å². The van der Waals surface area contributed by atoms with E-state index in [0.29, 0.717) is 0 Å². The fraction of sp³-hybridized carbons (Fsp3) is 0.0286. The molecule has 0 spiro atoms. The van der Waals surface area contributed by atoms with E-state index in [1.807, 2.05) is 0 Å². The lowest BCUT2D eigenvalue weighted by Crippen LogP contribution is -2.72. The molecule has 0 radical (unpaired) electrons. The lowest BCUT2D eigenvalue weighted by molar-refractivity contribution is 1.48. The Morgan fingerprint density at radius 3 is 1.00 bits per heavy atom. The molecule has 0 amide bonds. The molecule has 1 heteroatoms. The Morgan fingerprint density at radius 1 is 0.225 bits per heavy atom. The number of aryl methyl sites for hydroxylation is 2. The average molecular weight is 919 g/mol. The van der Waals surface area contributed by atoms with Gasteiger partial charge in [0.1, 0.15) is 0 Å². The first-order valence-electron chi connectivity index (χ1n) is 24.8. The highest BCUT2D eigenvalue weighted by molar-refractivity contribution is 7.22. The second kappa shape index (κ2) is 17.4. The molecule has 0 aromatic heterocycles. The molecule has 334 valence electrons. The van der Waals surface area contributed by atoms with Gasteiger partial charge in [0.2, 0.25) is 0 Å². The van der Waals surface area contributed by atoms with E-state index in [1.165, 1.54) is 131 Å². The minimum Gasteiger partial charge on any atom is -0.0622 e. The Morgan fingerprint density at radius 2 is 0.577 bits per heavy atom. The molecule has 0 N–H and O–H groups in total. The molecule has 12 aromatic carbocycles. The van der Waals surface area contributed by atoms with Crippen molar-refractivity contribution in [3.8, 4) is 77.9 Å². The van der Waals surface area contributed by atoms with Crippen LogP contribution in [0.1, 0.15) is 11.1 Å². The molecule has 13 rings (SSSR count). The summed E-state index contributed by atoms with van der Waals surface area (Å²) in [6.45, 7) is 4.40. The third-order valence-corrected chi connectivity index (χ3v) is 19.9. The first kappa shape index (κ1) is 42.5. The van der Waals surface area contributed by atoms with Crippen LogP contribution in [0.2, 0.25) is 0 Å². The zero-order chi connectivity index (χ0) is 47.5. The van der Waals surface area contributed by atoms with E-state index < -0.39 is 8.07 Å². The van der Waals surface area contributed by atoms with Gasteiger partial charge < -0.3 is 0 Å². The van der Waals surface area contributed by atoms with Gasteiger partial charge in [0.05, 0.1) is 0 Å². The van der Waals surface area contributed by atoms with Crippen LogP contribution in [0.5, 0.6) is 0 Å². The molecule has 0 unspecified atom stereocenters. The molecule has 0 aliphatic carbocycles. The zero-order valence-electron chi connectivity index (χ0n) is 39.9. The summed E-state index contributed by atoms with van der Waals surface area (Å²) in [6, 6.07) is 101. The Bertz CT molecular complexity index is 3700. The highest BCUT2D eigenvalue weighted by atomic mass is 28.3. The zero-order valence-corrected chi connectivity index (χ0v) is 40.9. The molecule has 0 fully saturated rings. The van der Waals surface area contributed by atoms with Crippen LogP contribution in [-0.4, -0.2) is 8.07 Å². The summed E-state index contributed by atoms with van der Waals surface area (Å²) >= 11 is 0. The van der Waals surface area contributed by atoms with Crippen molar-refractivity contribution in [3.05, 3.63) is 278 Å². The van der Waals surface area contributed by atoms with E-state index in [0.717, 1.165) is 0 Å². The van der Waals surface area contributed by atoms with Gasteiger partial charge in [-0.25, -0.2) is 0 Å². The fourth-order valence-corrected chi connectivity index (χ4v) is 16.6. The van der Waals surface area contributed by atoms with Gasteiger partial charge in [-0.3, -0.25) is 0 Å². The monoisotopic (exact) mass is 918 g/mol. The third kappa shape index (κ3) is 7.37. The van der Waals surface area contributed by atoms with Gasteiger partial charge >= 0.3 is 0 Å². The average Bonchev–Trinajstić information content (AvgIpc) is 3.73. The SMILES string of the molecule is Cc1ccc([Si]2(c3ccc(C)cc3)c3ccc(-c4cc(-c5ccccc5)cc(-c5cccc6ccccc56)c4)cc3-c3cc(-c4cc(-c5ccccc5)cc(-c5cccc6ccccc56)c4)ccc32)cc1. The van der Waals surface area contributed by atoms with Crippen LogP contribution in [0.25, 0.3) is 99.4 Å². The lowest BCUT2D eigenvalue weighted by atomic mass is 9.89. The van der Waals surface area contributed by atoms with Gasteiger partial charge in [0, 0.05) is 0 Å². The van der Waals surface area contributed by atoms with E-state index in [9.17, 15) is 0 Å². The maximum Gasteiger partial charge on any atom is 0.180 e. The molecular formula is C70H50Si. The van der Waals surface area contributed by atoms with Crippen molar-refractivity contribution in [2.45, 2.75) is 13.8 Å². The predicted molar refractivity (Wildman–Crippen MR) is 306 cm³/mol. The molecule has 0 saturated carbocycles. The Hall–Kier alpha value is -8.62. The Labute approximate surface area is 417 Å². The quantitative estimate of drug-likeness (QED) is 0.133. The standard InChI is InChI=1S/C70H50Si/c1-47-27-33-61(34-28-47)71(62-35-29-48(2)30-36-62)69-37-31-53(57-39-55(49-15-5-3-6-16-49)41-59(43-57)65-25-13-21-51-19-9-11-23-63(51)65)45-67(69)68-46-54(32-38-70(68)71)58-40-56(50-17-7-4-8-18-50)42-60(44-58)66-26-14-22-52-20-10-12-24-64(52)66/h3-46H,1-2H3. The molecular weight excluding hydrogens is 869 g/mol. The van der Waals surface area contributed by atoms with Crippen molar-refractivity contribution in [2.24, 2.45) is 0 Å². The summed E-state index contributed by atoms with van der Waals surface area (Å²) in [5, 5.41) is 10.7. The lowest BCUT2D eigenvalue weighted by Gasteiger charge is -2.31. The first-order chi connectivity index (χ1) is 35.0. The van der Waals surface area contributed by atoms with Crippen LogP contribution >= 0.6 is 0 Å². The highest BCUT2D eigenvalue weighted by Gasteiger charge is 2.49. The van der Waals surface area contributed by atoms with Crippen LogP contribution in [-0.2, 0) is 0 Å². The van der Waals surface area contributed by atoms with Gasteiger partial charge in [-0.05, 0) is 183 Å². The highest BCUT2D eigenvalue weighted by Crippen LogP contribution is 2.41. The molecule has 0 bridgehead atoms. The molecule has 1 aliphatic rings. The van der Waals surface area contributed by atoms with Crippen LogP contribution < -0.4 is 20.7 Å². The molecule has 0 saturated heterocycles. The van der Waals surface area contributed by atoms with Crippen molar-refractivity contribution < 1.29 is 0 Å². The van der Waals surface area contributed by atoms with Crippen LogP contribution in [0, 0.1) is 13.8 Å². The largest absolute Gasteiger partial charge is 0.180 e. The summed E-state index contributed by atoms with van der Waals surface area (Å²) in [5.74, 6) is 0. The van der Waals surface area contributed by atoms with E-state index >= 15 is 0 Å². The van der Waals surface area contributed by atoms with E-state index in [4.69, 9.17) is 0 Å².